The van der Waals surface area contributed by atoms with Crippen LogP contribution in [0.5, 0.6) is 5.75 Å². The van der Waals surface area contributed by atoms with Crippen LogP contribution in [-0.2, 0) is 0 Å². The van der Waals surface area contributed by atoms with E-state index < -0.39 is 5.82 Å². The van der Waals surface area contributed by atoms with E-state index in [9.17, 15) is 14.0 Å². The molecule has 0 aliphatic carbocycles. The highest BCUT2D eigenvalue weighted by Crippen LogP contribution is 2.22. The van der Waals surface area contributed by atoms with Crippen molar-refractivity contribution in [2.24, 2.45) is 5.92 Å². The maximum Gasteiger partial charge on any atom is 0.256 e. The molecule has 0 aromatic heterocycles. The summed E-state index contributed by atoms with van der Waals surface area (Å²) in [5, 5.41) is 0. The molecule has 0 saturated carbocycles. The Balaban J connectivity index is 1.30. The molecule has 2 saturated heterocycles. The van der Waals surface area contributed by atoms with Gasteiger partial charge < -0.3 is 14.5 Å². The molecule has 2 fully saturated rings. The average molecular weight is 425 g/mol. The van der Waals surface area contributed by atoms with Gasteiger partial charge in [0.05, 0.1) is 12.2 Å². The van der Waals surface area contributed by atoms with Crippen LogP contribution in [0.25, 0.3) is 0 Å². The molecule has 6 heteroatoms. The van der Waals surface area contributed by atoms with Crippen molar-refractivity contribution in [2.75, 3.05) is 32.8 Å². The first-order chi connectivity index (χ1) is 15.1. The van der Waals surface area contributed by atoms with Gasteiger partial charge in [-0.3, -0.25) is 9.59 Å². The number of benzene rings is 2. The number of piperidine rings is 2. The monoisotopic (exact) mass is 424 g/mol. The van der Waals surface area contributed by atoms with Gasteiger partial charge in [-0.15, -0.1) is 0 Å². The third-order valence-corrected chi connectivity index (χ3v) is 6.14. The van der Waals surface area contributed by atoms with E-state index in [2.05, 4.69) is 0 Å². The Bertz CT molecular complexity index is 909. The van der Waals surface area contributed by atoms with E-state index in [-0.39, 0.29) is 23.3 Å². The number of carbonyl (C=O) groups excluding carboxylic acids is 2. The lowest BCUT2D eigenvalue weighted by atomic mass is 9.98. The van der Waals surface area contributed by atoms with Crippen molar-refractivity contribution < 1.29 is 18.7 Å². The summed E-state index contributed by atoms with van der Waals surface area (Å²) in [6.07, 6.45) is 5.18. The molecule has 0 spiro atoms. The highest BCUT2D eigenvalue weighted by atomic mass is 19.1. The first-order valence-electron chi connectivity index (χ1n) is 11.2. The van der Waals surface area contributed by atoms with Gasteiger partial charge >= 0.3 is 0 Å². The smallest absolute Gasteiger partial charge is 0.256 e. The minimum absolute atomic E-state index is 0.0841. The van der Waals surface area contributed by atoms with Crippen LogP contribution in [0.3, 0.4) is 0 Å². The summed E-state index contributed by atoms with van der Waals surface area (Å²) >= 11 is 0. The van der Waals surface area contributed by atoms with Crippen LogP contribution in [-0.4, -0.2) is 54.4 Å². The maximum absolute atomic E-state index is 14.0. The van der Waals surface area contributed by atoms with E-state index in [4.69, 9.17) is 4.74 Å². The minimum Gasteiger partial charge on any atom is -0.493 e. The number of hydrogen-bond donors (Lipinski definition) is 0. The van der Waals surface area contributed by atoms with Crippen molar-refractivity contribution in [1.82, 2.24) is 9.80 Å². The van der Waals surface area contributed by atoms with E-state index in [1.807, 2.05) is 29.2 Å². The fraction of sp³-hybridized carbons (Fsp3) is 0.440. The molecule has 1 atom stereocenters. The van der Waals surface area contributed by atoms with E-state index in [1.54, 1.807) is 17.0 Å². The van der Waals surface area contributed by atoms with Gasteiger partial charge in [-0.25, -0.2) is 4.39 Å². The lowest BCUT2D eigenvalue weighted by Gasteiger charge is -2.32. The van der Waals surface area contributed by atoms with Gasteiger partial charge in [0.25, 0.3) is 11.8 Å². The number of amides is 2. The number of ether oxygens (including phenoxy) is 1. The summed E-state index contributed by atoms with van der Waals surface area (Å²) in [5.74, 6) is 0.251. The zero-order valence-electron chi connectivity index (χ0n) is 17.8. The second-order valence-electron chi connectivity index (χ2n) is 8.43. The van der Waals surface area contributed by atoms with Gasteiger partial charge in [0.2, 0.25) is 0 Å². The zero-order valence-corrected chi connectivity index (χ0v) is 17.8. The number of rotatable bonds is 5. The van der Waals surface area contributed by atoms with Crippen molar-refractivity contribution in [3.63, 3.8) is 0 Å². The fourth-order valence-electron chi connectivity index (χ4n) is 4.38. The molecule has 1 unspecified atom stereocenters. The molecule has 2 aromatic carbocycles. The number of likely N-dealkylation sites (tertiary alicyclic amines) is 2. The highest BCUT2D eigenvalue weighted by molar-refractivity contribution is 5.95. The van der Waals surface area contributed by atoms with Crippen molar-refractivity contribution in [3.05, 3.63) is 65.5 Å². The second-order valence-corrected chi connectivity index (χ2v) is 8.43. The summed E-state index contributed by atoms with van der Waals surface area (Å²) < 4.78 is 19.9. The Morgan fingerprint density at radius 1 is 0.871 bits per heavy atom. The number of halogens is 1. The molecule has 31 heavy (non-hydrogen) atoms. The Kier molecular flexibility index (Phi) is 6.85. The molecule has 2 aromatic rings. The minimum atomic E-state index is -0.481. The third-order valence-electron chi connectivity index (χ3n) is 6.14. The van der Waals surface area contributed by atoms with Gasteiger partial charge in [-0.2, -0.15) is 0 Å². The molecule has 2 aliphatic rings. The van der Waals surface area contributed by atoms with E-state index in [0.29, 0.717) is 31.0 Å². The summed E-state index contributed by atoms with van der Waals surface area (Å²) in [5.41, 5.74) is 0.812. The molecule has 5 nitrogen and oxygen atoms in total. The van der Waals surface area contributed by atoms with Gasteiger partial charge in [0.1, 0.15) is 11.6 Å². The molecule has 4 rings (SSSR count). The molecule has 2 heterocycles. The normalized spacial score (nSPS) is 19.2. The molecule has 0 radical (unpaired) electrons. The number of carbonyl (C=O) groups is 2. The molecule has 0 N–H and O–H groups in total. The van der Waals surface area contributed by atoms with Crippen LogP contribution in [0.4, 0.5) is 4.39 Å². The first kappa shape index (κ1) is 21.3. The predicted octanol–water partition coefficient (Wildman–Crippen LogP) is 4.38. The highest BCUT2D eigenvalue weighted by Gasteiger charge is 2.26. The van der Waals surface area contributed by atoms with Gasteiger partial charge in [0.15, 0.2) is 0 Å². The average Bonchev–Trinajstić information content (AvgIpc) is 2.83. The Morgan fingerprint density at radius 3 is 2.32 bits per heavy atom. The van der Waals surface area contributed by atoms with Crippen LogP contribution < -0.4 is 4.74 Å². The first-order valence-corrected chi connectivity index (χ1v) is 11.2. The maximum atomic E-state index is 14.0. The Hall–Kier alpha value is -2.89. The van der Waals surface area contributed by atoms with Gasteiger partial charge in [-0.05, 0) is 68.5 Å². The van der Waals surface area contributed by atoms with Crippen LogP contribution in [0, 0.1) is 11.7 Å². The Labute approximate surface area is 182 Å². The molecular formula is C25H29FN2O3. The van der Waals surface area contributed by atoms with Crippen molar-refractivity contribution in [1.29, 1.82) is 0 Å². The van der Waals surface area contributed by atoms with Gasteiger partial charge in [0, 0.05) is 37.7 Å². The molecule has 2 amide bonds. The van der Waals surface area contributed by atoms with Crippen molar-refractivity contribution in [3.8, 4) is 5.75 Å². The summed E-state index contributed by atoms with van der Waals surface area (Å²) in [7, 11) is 0. The van der Waals surface area contributed by atoms with Crippen LogP contribution in [0.15, 0.2) is 48.5 Å². The summed E-state index contributed by atoms with van der Waals surface area (Å²) in [6.45, 7) is 3.35. The molecular weight excluding hydrogens is 395 g/mol. The van der Waals surface area contributed by atoms with E-state index in [1.165, 1.54) is 18.6 Å². The standard InChI is InChI=1S/C25H29FN2O3/c26-23-9-3-2-8-22(23)25(30)28-16-6-7-19(17-28)18-31-21-12-10-20(11-13-21)24(29)27-14-4-1-5-15-27/h2-3,8-13,19H,1,4-7,14-18H2. The lowest BCUT2D eigenvalue weighted by molar-refractivity contribution is 0.0628. The second kappa shape index (κ2) is 9.94. The van der Waals surface area contributed by atoms with Crippen molar-refractivity contribution >= 4 is 11.8 Å². The van der Waals surface area contributed by atoms with E-state index in [0.717, 1.165) is 38.8 Å². The SMILES string of the molecule is O=C(c1ccc(OCC2CCCN(C(=O)c3ccccc3F)C2)cc1)N1CCCCC1. The summed E-state index contributed by atoms with van der Waals surface area (Å²) in [4.78, 5) is 28.9. The Morgan fingerprint density at radius 2 is 1.58 bits per heavy atom. The molecule has 164 valence electrons. The zero-order chi connectivity index (χ0) is 21.6. The third kappa shape index (κ3) is 5.24. The largest absolute Gasteiger partial charge is 0.493 e. The van der Waals surface area contributed by atoms with Gasteiger partial charge in [-0.1, -0.05) is 12.1 Å². The number of nitrogens with zero attached hydrogens (tertiary/aromatic N) is 2. The molecule has 0 bridgehead atoms. The molecule has 2 aliphatic heterocycles. The number of hydrogen-bond acceptors (Lipinski definition) is 3. The fourth-order valence-corrected chi connectivity index (χ4v) is 4.38. The quantitative estimate of drug-likeness (QED) is 0.716. The topological polar surface area (TPSA) is 49.9 Å². The van der Waals surface area contributed by atoms with Crippen LogP contribution in [0.2, 0.25) is 0 Å². The van der Waals surface area contributed by atoms with Crippen molar-refractivity contribution in [2.45, 2.75) is 32.1 Å². The lowest BCUT2D eigenvalue weighted by Crippen LogP contribution is -2.41. The predicted molar refractivity (Wildman–Crippen MR) is 117 cm³/mol. The van der Waals surface area contributed by atoms with Crippen LogP contribution in [0.1, 0.15) is 52.8 Å². The van der Waals surface area contributed by atoms with E-state index >= 15 is 0 Å². The summed E-state index contributed by atoms with van der Waals surface area (Å²) in [6, 6.07) is 13.4. The van der Waals surface area contributed by atoms with Crippen LogP contribution >= 0.6 is 0 Å².